The van der Waals surface area contributed by atoms with E-state index in [2.05, 4.69) is 10.6 Å². The van der Waals surface area contributed by atoms with Gasteiger partial charge >= 0.3 is 6.03 Å². The molecule has 0 saturated carbocycles. The number of amides is 3. The van der Waals surface area contributed by atoms with E-state index in [-0.39, 0.29) is 36.0 Å². The van der Waals surface area contributed by atoms with Crippen LogP contribution in [0.2, 0.25) is 0 Å². The largest absolute Gasteiger partial charge is 0.341 e. The maximum atomic E-state index is 13.8. The van der Waals surface area contributed by atoms with Gasteiger partial charge in [0.2, 0.25) is 5.91 Å². The van der Waals surface area contributed by atoms with Crippen LogP contribution in [0.1, 0.15) is 32.1 Å². The lowest BCUT2D eigenvalue weighted by Gasteiger charge is -2.35. The number of nitrogens with one attached hydrogen (secondary N) is 2. The van der Waals surface area contributed by atoms with Gasteiger partial charge in [0.25, 0.3) is 0 Å². The molecule has 3 aliphatic rings. The SMILES string of the molecule is Cl.O=C(Nc1ccccc1F)N1CCCC(C(=O)N2CCC3CCC(C2)N3)C1. The fourth-order valence-electron chi connectivity index (χ4n) is 4.52. The van der Waals surface area contributed by atoms with Gasteiger partial charge in [-0.3, -0.25) is 4.79 Å². The zero-order chi connectivity index (χ0) is 18.8. The van der Waals surface area contributed by atoms with Gasteiger partial charge in [0.1, 0.15) is 5.82 Å². The topological polar surface area (TPSA) is 64.7 Å². The molecule has 4 rings (SSSR count). The molecule has 3 heterocycles. The monoisotopic (exact) mass is 410 g/mol. The Morgan fingerprint density at radius 2 is 1.79 bits per heavy atom. The second-order valence-electron chi connectivity index (χ2n) is 7.91. The number of hydrogen-bond acceptors (Lipinski definition) is 3. The first-order chi connectivity index (χ1) is 13.1. The molecule has 1 aromatic carbocycles. The average Bonchev–Trinajstić information content (AvgIpc) is 3.02. The quantitative estimate of drug-likeness (QED) is 0.788. The second kappa shape index (κ2) is 9.09. The number of anilines is 1. The van der Waals surface area contributed by atoms with Crippen molar-refractivity contribution in [2.45, 2.75) is 44.2 Å². The summed E-state index contributed by atoms with van der Waals surface area (Å²) < 4.78 is 13.8. The minimum Gasteiger partial charge on any atom is -0.341 e. The third-order valence-electron chi connectivity index (χ3n) is 6.01. The van der Waals surface area contributed by atoms with Crippen LogP contribution in [0.5, 0.6) is 0 Å². The highest BCUT2D eigenvalue weighted by molar-refractivity contribution is 5.90. The van der Waals surface area contributed by atoms with Crippen LogP contribution in [-0.2, 0) is 4.79 Å². The van der Waals surface area contributed by atoms with E-state index in [9.17, 15) is 14.0 Å². The predicted octanol–water partition coefficient (Wildman–Crippen LogP) is 2.84. The number of benzene rings is 1. The molecule has 3 fully saturated rings. The van der Waals surface area contributed by atoms with E-state index in [4.69, 9.17) is 0 Å². The molecule has 8 heteroatoms. The number of hydrogen-bond donors (Lipinski definition) is 2. The van der Waals surface area contributed by atoms with Crippen molar-refractivity contribution < 1.29 is 14.0 Å². The third-order valence-corrected chi connectivity index (χ3v) is 6.01. The first-order valence-corrected chi connectivity index (χ1v) is 9.95. The number of likely N-dealkylation sites (tertiary alicyclic amines) is 2. The fourth-order valence-corrected chi connectivity index (χ4v) is 4.52. The molecule has 0 spiro atoms. The molecule has 0 aliphatic carbocycles. The molecule has 3 saturated heterocycles. The Labute approximate surface area is 171 Å². The summed E-state index contributed by atoms with van der Waals surface area (Å²) in [5.41, 5.74) is 0.172. The molecule has 3 aliphatic heterocycles. The van der Waals surface area contributed by atoms with Gasteiger partial charge in [-0.05, 0) is 44.2 Å². The number of nitrogens with zero attached hydrogens (tertiary/aromatic N) is 2. The first-order valence-electron chi connectivity index (χ1n) is 9.95. The Bertz CT molecular complexity index is 719. The van der Waals surface area contributed by atoms with Crippen LogP contribution in [0.15, 0.2) is 24.3 Å². The van der Waals surface area contributed by atoms with Crippen molar-refractivity contribution in [2.75, 3.05) is 31.5 Å². The van der Waals surface area contributed by atoms with E-state index in [1.54, 1.807) is 23.1 Å². The highest BCUT2D eigenvalue weighted by Crippen LogP contribution is 2.25. The third kappa shape index (κ3) is 4.58. The summed E-state index contributed by atoms with van der Waals surface area (Å²) in [5.74, 6) is -0.461. The Hall–Kier alpha value is -1.86. The van der Waals surface area contributed by atoms with E-state index >= 15 is 0 Å². The van der Waals surface area contributed by atoms with Crippen LogP contribution >= 0.6 is 12.4 Å². The van der Waals surface area contributed by atoms with Gasteiger partial charge in [0.15, 0.2) is 0 Å². The Morgan fingerprint density at radius 1 is 1.00 bits per heavy atom. The van der Waals surface area contributed by atoms with Crippen LogP contribution in [-0.4, -0.2) is 60.0 Å². The van der Waals surface area contributed by atoms with Crippen molar-refractivity contribution >= 4 is 30.0 Å². The Kier molecular flexibility index (Phi) is 6.78. The van der Waals surface area contributed by atoms with Gasteiger partial charge in [-0.15, -0.1) is 12.4 Å². The number of carbonyl (C=O) groups is 2. The van der Waals surface area contributed by atoms with Crippen molar-refractivity contribution in [1.82, 2.24) is 15.1 Å². The van der Waals surface area contributed by atoms with E-state index in [0.29, 0.717) is 25.2 Å². The van der Waals surface area contributed by atoms with Gasteiger partial charge < -0.3 is 20.4 Å². The van der Waals surface area contributed by atoms with E-state index < -0.39 is 5.82 Å². The van der Waals surface area contributed by atoms with Crippen LogP contribution in [0, 0.1) is 11.7 Å². The van der Waals surface area contributed by atoms with Crippen molar-refractivity contribution in [1.29, 1.82) is 0 Å². The number of halogens is 2. The van der Waals surface area contributed by atoms with Crippen LogP contribution < -0.4 is 10.6 Å². The average molecular weight is 411 g/mol. The molecule has 0 radical (unpaired) electrons. The summed E-state index contributed by atoms with van der Waals surface area (Å²) in [6.07, 6.45) is 4.95. The van der Waals surface area contributed by atoms with Crippen LogP contribution in [0.3, 0.4) is 0 Å². The first kappa shape index (κ1) is 20.9. The predicted molar refractivity (Wildman–Crippen MR) is 108 cm³/mol. The maximum absolute atomic E-state index is 13.8. The minimum absolute atomic E-state index is 0. The lowest BCUT2D eigenvalue weighted by Crippen LogP contribution is -2.49. The number of carbonyl (C=O) groups excluding carboxylic acids is 2. The molecule has 2 bridgehead atoms. The summed E-state index contributed by atoms with van der Waals surface area (Å²) in [7, 11) is 0. The lowest BCUT2D eigenvalue weighted by atomic mass is 9.96. The zero-order valence-corrected chi connectivity index (χ0v) is 16.7. The van der Waals surface area contributed by atoms with Crippen molar-refractivity contribution in [3.8, 4) is 0 Å². The van der Waals surface area contributed by atoms with Crippen molar-refractivity contribution in [2.24, 2.45) is 5.92 Å². The summed E-state index contributed by atoms with van der Waals surface area (Å²) in [4.78, 5) is 29.2. The normalized spacial score (nSPS) is 27.0. The summed E-state index contributed by atoms with van der Waals surface area (Å²) in [5, 5.41) is 6.22. The number of para-hydroxylation sites is 1. The number of rotatable bonds is 2. The van der Waals surface area contributed by atoms with Crippen LogP contribution in [0.25, 0.3) is 0 Å². The molecule has 2 N–H and O–H groups in total. The molecule has 154 valence electrons. The maximum Gasteiger partial charge on any atom is 0.321 e. The molecule has 1 aromatic rings. The number of piperidine rings is 1. The van der Waals surface area contributed by atoms with Gasteiger partial charge in [-0.1, -0.05) is 12.1 Å². The Balaban J connectivity index is 0.00000225. The number of urea groups is 1. The molecular formula is C20H28ClFN4O2. The van der Waals surface area contributed by atoms with Gasteiger partial charge in [-0.2, -0.15) is 0 Å². The highest BCUT2D eigenvalue weighted by atomic mass is 35.5. The summed E-state index contributed by atoms with van der Waals surface area (Å²) in [6.45, 7) is 2.56. The van der Waals surface area contributed by atoms with E-state index in [1.165, 1.54) is 12.5 Å². The summed E-state index contributed by atoms with van der Waals surface area (Å²) in [6, 6.07) is 6.74. The molecule has 3 unspecified atom stereocenters. The second-order valence-corrected chi connectivity index (χ2v) is 7.91. The van der Waals surface area contributed by atoms with E-state index in [1.807, 2.05) is 4.90 Å². The minimum atomic E-state index is -0.456. The molecule has 0 aromatic heterocycles. The Morgan fingerprint density at radius 3 is 2.61 bits per heavy atom. The van der Waals surface area contributed by atoms with Gasteiger partial charge in [0.05, 0.1) is 11.6 Å². The molecule has 28 heavy (non-hydrogen) atoms. The highest BCUT2D eigenvalue weighted by Gasteiger charge is 2.35. The van der Waals surface area contributed by atoms with Gasteiger partial charge in [0, 0.05) is 38.3 Å². The standard InChI is InChI=1S/C20H27FN4O2.ClH/c21-17-5-1-2-6-18(17)23-20(27)25-10-3-4-14(12-25)19(26)24-11-9-15-7-8-16(13-24)22-15;/h1-2,5-6,14-16,22H,3-4,7-13H2,(H,23,27);1H. The fraction of sp³-hybridized carbons (Fsp3) is 0.600. The van der Waals surface area contributed by atoms with Crippen molar-refractivity contribution in [3.05, 3.63) is 30.1 Å². The number of fused-ring (bicyclic) bond motifs is 2. The molecule has 3 amide bonds. The summed E-state index contributed by atoms with van der Waals surface area (Å²) >= 11 is 0. The van der Waals surface area contributed by atoms with E-state index in [0.717, 1.165) is 38.8 Å². The zero-order valence-electron chi connectivity index (χ0n) is 15.9. The van der Waals surface area contributed by atoms with Crippen LogP contribution in [0.4, 0.5) is 14.9 Å². The smallest absolute Gasteiger partial charge is 0.321 e. The lowest BCUT2D eigenvalue weighted by molar-refractivity contribution is -0.137. The molecular weight excluding hydrogens is 383 g/mol. The molecule has 6 nitrogen and oxygen atoms in total. The van der Waals surface area contributed by atoms with Gasteiger partial charge in [-0.25, -0.2) is 9.18 Å². The van der Waals surface area contributed by atoms with Crippen molar-refractivity contribution in [3.63, 3.8) is 0 Å². The molecule has 3 atom stereocenters.